The Balaban J connectivity index is 2.12. The van der Waals surface area contributed by atoms with Gasteiger partial charge in [-0.15, -0.1) is 0 Å². The maximum absolute atomic E-state index is 6.14. The Morgan fingerprint density at radius 3 is 2.33 bits per heavy atom. The van der Waals surface area contributed by atoms with Crippen molar-refractivity contribution in [3.63, 3.8) is 0 Å². The van der Waals surface area contributed by atoms with Crippen LogP contribution in [0, 0.1) is 5.41 Å². The van der Waals surface area contributed by atoms with Crippen molar-refractivity contribution in [2.24, 2.45) is 11.1 Å². The van der Waals surface area contributed by atoms with Gasteiger partial charge in [0.1, 0.15) is 0 Å². The van der Waals surface area contributed by atoms with Crippen molar-refractivity contribution in [2.75, 3.05) is 13.6 Å². The highest BCUT2D eigenvalue weighted by Crippen LogP contribution is 2.25. The van der Waals surface area contributed by atoms with E-state index in [-0.39, 0.29) is 0 Å². The van der Waals surface area contributed by atoms with Gasteiger partial charge in [-0.25, -0.2) is 0 Å². The average molecular weight is 212 g/mol. The number of hydrogen-bond acceptors (Lipinski definition) is 2. The summed E-state index contributed by atoms with van der Waals surface area (Å²) in [6, 6.07) is 1.22. The Kier molecular flexibility index (Phi) is 4.60. The van der Waals surface area contributed by atoms with Crippen molar-refractivity contribution in [2.45, 2.75) is 65.0 Å². The van der Waals surface area contributed by atoms with Crippen LogP contribution in [0.15, 0.2) is 0 Å². The molecule has 2 N–H and O–H groups in total. The Hall–Kier alpha value is -0.0800. The van der Waals surface area contributed by atoms with Crippen LogP contribution in [0.1, 0.15) is 52.9 Å². The molecule has 1 aliphatic carbocycles. The summed E-state index contributed by atoms with van der Waals surface area (Å²) in [6.45, 7) is 7.97. The molecule has 0 aromatic heterocycles. The second kappa shape index (κ2) is 5.31. The van der Waals surface area contributed by atoms with Gasteiger partial charge in [0.15, 0.2) is 0 Å². The van der Waals surface area contributed by atoms with E-state index in [0.29, 0.717) is 11.5 Å². The molecular formula is C13H28N2. The van der Waals surface area contributed by atoms with Gasteiger partial charge in [0.25, 0.3) is 0 Å². The minimum absolute atomic E-state index is 0.368. The number of rotatable bonds is 5. The molecule has 0 aromatic rings. The van der Waals surface area contributed by atoms with Crippen LogP contribution in [-0.4, -0.2) is 30.6 Å². The molecule has 1 saturated carbocycles. The van der Waals surface area contributed by atoms with Gasteiger partial charge in [-0.3, -0.25) is 0 Å². The van der Waals surface area contributed by atoms with Gasteiger partial charge < -0.3 is 10.6 Å². The molecule has 0 radical (unpaired) electrons. The van der Waals surface area contributed by atoms with Gasteiger partial charge in [-0.1, -0.05) is 27.2 Å². The van der Waals surface area contributed by atoms with E-state index in [2.05, 4.69) is 32.7 Å². The van der Waals surface area contributed by atoms with Gasteiger partial charge in [0.05, 0.1) is 0 Å². The van der Waals surface area contributed by atoms with Gasteiger partial charge in [-0.05, 0) is 44.7 Å². The Bertz CT molecular complexity index is 179. The van der Waals surface area contributed by atoms with Crippen LogP contribution in [0.5, 0.6) is 0 Å². The molecule has 0 bridgehead atoms. The lowest BCUT2D eigenvalue weighted by molar-refractivity contribution is 0.152. The Labute approximate surface area is 95.2 Å². The lowest BCUT2D eigenvalue weighted by Crippen LogP contribution is -2.40. The van der Waals surface area contributed by atoms with E-state index in [1.165, 1.54) is 25.8 Å². The summed E-state index contributed by atoms with van der Waals surface area (Å²) in [5.41, 5.74) is 6.51. The third-order valence-electron chi connectivity index (χ3n) is 3.43. The summed E-state index contributed by atoms with van der Waals surface area (Å²) in [4.78, 5) is 2.49. The molecule has 1 aliphatic rings. The number of nitrogens with zero attached hydrogens (tertiary/aromatic N) is 1. The summed E-state index contributed by atoms with van der Waals surface area (Å²) in [5.74, 6) is 0. The van der Waals surface area contributed by atoms with Gasteiger partial charge in [0.2, 0.25) is 0 Å². The maximum Gasteiger partial charge on any atom is 0.00922 e. The first-order chi connectivity index (χ1) is 6.88. The molecule has 2 heteroatoms. The fraction of sp³-hybridized carbons (Fsp3) is 1.00. The average Bonchev–Trinajstić information content (AvgIpc) is 1.94. The number of hydrogen-bond donors (Lipinski definition) is 1. The molecular weight excluding hydrogens is 184 g/mol. The minimum Gasteiger partial charge on any atom is -0.328 e. The molecule has 0 spiro atoms. The summed E-state index contributed by atoms with van der Waals surface area (Å²) in [6.07, 6.45) is 6.48. The zero-order valence-corrected chi connectivity index (χ0v) is 10.9. The molecule has 90 valence electrons. The van der Waals surface area contributed by atoms with Crippen LogP contribution in [-0.2, 0) is 0 Å². The van der Waals surface area contributed by atoms with Crippen molar-refractivity contribution in [3.8, 4) is 0 Å². The first-order valence-electron chi connectivity index (χ1n) is 6.34. The van der Waals surface area contributed by atoms with Crippen LogP contribution < -0.4 is 5.73 Å². The van der Waals surface area contributed by atoms with E-state index in [1.54, 1.807) is 0 Å². The Morgan fingerprint density at radius 1 is 1.33 bits per heavy atom. The van der Waals surface area contributed by atoms with E-state index in [9.17, 15) is 0 Å². The first kappa shape index (κ1) is 13.0. The van der Waals surface area contributed by atoms with Crippen LogP contribution >= 0.6 is 0 Å². The summed E-state index contributed by atoms with van der Waals surface area (Å²) < 4.78 is 0. The molecule has 0 aliphatic heterocycles. The Morgan fingerprint density at radius 2 is 1.93 bits per heavy atom. The van der Waals surface area contributed by atoms with Gasteiger partial charge in [0, 0.05) is 12.1 Å². The third-order valence-corrected chi connectivity index (χ3v) is 3.43. The lowest BCUT2D eigenvalue weighted by atomic mass is 9.87. The zero-order chi connectivity index (χ0) is 11.5. The highest BCUT2D eigenvalue weighted by molar-refractivity contribution is 4.79. The predicted octanol–water partition coefficient (Wildman–Crippen LogP) is 2.62. The zero-order valence-electron chi connectivity index (χ0n) is 10.9. The summed E-state index contributed by atoms with van der Waals surface area (Å²) >= 11 is 0. The molecule has 1 atom stereocenters. The van der Waals surface area contributed by atoms with Crippen LogP contribution in [0.2, 0.25) is 0 Å². The topological polar surface area (TPSA) is 29.3 Å². The van der Waals surface area contributed by atoms with Gasteiger partial charge in [-0.2, -0.15) is 0 Å². The second-order valence-corrected chi connectivity index (χ2v) is 6.38. The number of nitrogens with two attached hydrogens (primary N) is 1. The van der Waals surface area contributed by atoms with E-state index in [0.717, 1.165) is 18.9 Å². The molecule has 1 unspecified atom stereocenters. The highest BCUT2D eigenvalue weighted by atomic mass is 15.1. The first-order valence-corrected chi connectivity index (χ1v) is 6.34. The van der Waals surface area contributed by atoms with E-state index in [1.807, 2.05) is 0 Å². The molecule has 0 heterocycles. The van der Waals surface area contributed by atoms with Crippen molar-refractivity contribution >= 4 is 0 Å². The summed E-state index contributed by atoms with van der Waals surface area (Å²) in [7, 11) is 2.24. The van der Waals surface area contributed by atoms with Crippen LogP contribution in [0.3, 0.4) is 0 Å². The lowest BCUT2D eigenvalue weighted by Gasteiger charge is -2.35. The SMILES string of the molecule is CN(CCC(N)CC(C)(C)C)C1CCC1. The molecule has 1 fully saturated rings. The summed E-state index contributed by atoms with van der Waals surface area (Å²) in [5, 5.41) is 0. The fourth-order valence-corrected chi connectivity index (χ4v) is 2.27. The van der Waals surface area contributed by atoms with Crippen LogP contribution in [0.4, 0.5) is 0 Å². The van der Waals surface area contributed by atoms with E-state index < -0.39 is 0 Å². The third kappa shape index (κ3) is 4.98. The molecule has 0 amide bonds. The predicted molar refractivity (Wildman–Crippen MR) is 66.9 cm³/mol. The molecule has 0 aromatic carbocycles. The molecule has 2 nitrogen and oxygen atoms in total. The second-order valence-electron chi connectivity index (χ2n) is 6.38. The van der Waals surface area contributed by atoms with Crippen molar-refractivity contribution in [3.05, 3.63) is 0 Å². The largest absolute Gasteiger partial charge is 0.328 e. The fourth-order valence-electron chi connectivity index (χ4n) is 2.27. The van der Waals surface area contributed by atoms with Crippen molar-refractivity contribution < 1.29 is 0 Å². The quantitative estimate of drug-likeness (QED) is 0.759. The smallest absolute Gasteiger partial charge is 0.00922 e. The van der Waals surface area contributed by atoms with E-state index >= 15 is 0 Å². The standard InChI is InChI=1S/C13H28N2/c1-13(2,3)10-11(14)8-9-15(4)12-6-5-7-12/h11-12H,5-10,14H2,1-4H3. The molecule has 0 saturated heterocycles. The highest BCUT2D eigenvalue weighted by Gasteiger charge is 2.22. The van der Waals surface area contributed by atoms with Crippen LogP contribution in [0.25, 0.3) is 0 Å². The van der Waals surface area contributed by atoms with E-state index in [4.69, 9.17) is 5.73 Å². The monoisotopic (exact) mass is 212 g/mol. The van der Waals surface area contributed by atoms with Gasteiger partial charge >= 0.3 is 0 Å². The van der Waals surface area contributed by atoms with Crippen molar-refractivity contribution in [1.29, 1.82) is 0 Å². The normalized spacial score (nSPS) is 20.4. The molecule has 15 heavy (non-hydrogen) atoms. The van der Waals surface area contributed by atoms with Crippen molar-refractivity contribution in [1.82, 2.24) is 4.90 Å². The minimum atomic E-state index is 0.368. The molecule has 1 rings (SSSR count). The maximum atomic E-state index is 6.14.